The topological polar surface area (TPSA) is 75.5 Å². The average molecular weight is 450 g/mol. The Kier molecular flexibility index (Phi) is 5.12. The van der Waals surface area contributed by atoms with Gasteiger partial charge in [-0.05, 0) is 51.9 Å². The van der Waals surface area contributed by atoms with Crippen molar-refractivity contribution in [1.82, 2.24) is 9.88 Å². The molecule has 1 aromatic heterocycles. The Labute approximate surface area is 198 Å². The number of hydrogen-bond donors (Lipinski definition) is 0. The molecule has 2 aliphatic heterocycles. The van der Waals surface area contributed by atoms with E-state index in [1.807, 2.05) is 35.2 Å². The largest absolute Gasteiger partial charge is 0.448 e. The first-order valence-corrected chi connectivity index (χ1v) is 11.5. The molecule has 3 aromatic rings. The number of ether oxygens (including phenoxy) is 2. The van der Waals surface area contributed by atoms with Crippen LogP contribution in [0.3, 0.4) is 0 Å². The van der Waals surface area contributed by atoms with Gasteiger partial charge in [-0.1, -0.05) is 54.6 Å². The third kappa shape index (κ3) is 3.46. The van der Waals surface area contributed by atoms with Gasteiger partial charge in [0.05, 0.1) is 25.3 Å². The fraction of sp³-hybridized carbons (Fsp3) is 0.250. The van der Waals surface area contributed by atoms with Crippen LogP contribution in [0.4, 0.5) is 4.79 Å². The van der Waals surface area contributed by atoms with E-state index in [-0.39, 0.29) is 24.1 Å². The van der Waals surface area contributed by atoms with Gasteiger partial charge in [0.25, 0.3) is 0 Å². The zero-order valence-electron chi connectivity index (χ0n) is 18.6. The zero-order chi connectivity index (χ0) is 23.1. The van der Waals surface area contributed by atoms with Crippen molar-refractivity contribution in [3.8, 4) is 17.2 Å². The maximum Gasteiger partial charge on any atom is 0.410 e. The monoisotopic (exact) mass is 449 g/mol. The number of pyridine rings is 1. The van der Waals surface area contributed by atoms with Crippen molar-refractivity contribution in [2.45, 2.75) is 24.4 Å². The standard InChI is InChI=1S/C28H23N3O3/c29-14-20-11-18(9-10-30-20)19-12-21-15-33-16-22(13-19)31(21)28(32)34-17-27-25-7-3-1-5-23(25)24-6-2-4-8-26(24)27/h1-12,21-22,27H,13,15-17H2. The number of aromatic nitrogens is 1. The van der Waals surface area contributed by atoms with E-state index in [9.17, 15) is 10.1 Å². The molecule has 1 aliphatic carbocycles. The number of amides is 1. The predicted molar refractivity (Wildman–Crippen MR) is 127 cm³/mol. The number of nitriles is 1. The highest BCUT2D eigenvalue weighted by Crippen LogP contribution is 2.44. The SMILES string of the molecule is N#Cc1cc(C2=CC3COCC(C2)N3C(=O)OCC2c3ccccc3-c3ccccc32)ccn1. The van der Waals surface area contributed by atoms with Gasteiger partial charge in [-0.2, -0.15) is 5.26 Å². The molecule has 2 atom stereocenters. The minimum atomic E-state index is -0.303. The Balaban J connectivity index is 1.22. The highest BCUT2D eigenvalue weighted by Gasteiger charge is 2.40. The molecule has 3 aliphatic rings. The lowest BCUT2D eigenvalue weighted by Gasteiger charge is -2.44. The molecule has 0 radical (unpaired) electrons. The van der Waals surface area contributed by atoms with E-state index >= 15 is 0 Å². The summed E-state index contributed by atoms with van der Waals surface area (Å²) in [5.74, 6) is 0.0320. The number of hydrogen-bond acceptors (Lipinski definition) is 5. The molecule has 34 heavy (non-hydrogen) atoms. The maximum absolute atomic E-state index is 13.3. The minimum Gasteiger partial charge on any atom is -0.448 e. The highest BCUT2D eigenvalue weighted by atomic mass is 16.6. The van der Waals surface area contributed by atoms with E-state index in [2.05, 4.69) is 41.4 Å². The second kappa shape index (κ2) is 8.44. The molecule has 6 rings (SSSR count). The molecule has 0 N–H and O–H groups in total. The Morgan fingerprint density at radius 1 is 1.09 bits per heavy atom. The quantitative estimate of drug-likeness (QED) is 0.576. The third-order valence-electron chi connectivity index (χ3n) is 6.99. The van der Waals surface area contributed by atoms with Crippen LogP contribution in [0.25, 0.3) is 16.7 Å². The number of nitrogens with zero attached hydrogens (tertiary/aromatic N) is 3. The molecular formula is C28H23N3O3. The molecular weight excluding hydrogens is 426 g/mol. The van der Waals surface area contributed by atoms with Gasteiger partial charge in [0.2, 0.25) is 0 Å². The number of fused-ring (bicyclic) bond motifs is 5. The van der Waals surface area contributed by atoms with Gasteiger partial charge in [-0.15, -0.1) is 0 Å². The summed E-state index contributed by atoms with van der Waals surface area (Å²) in [6.45, 7) is 1.20. The fourth-order valence-electron chi connectivity index (χ4n) is 5.45. The van der Waals surface area contributed by atoms with Crippen LogP contribution in [-0.2, 0) is 9.47 Å². The maximum atomic E-state index is 13.3. The summed E-state index contributed by atoms with van der Waals surface area (Å²) >= 11 is 0. The molecule has 1 saturated heterocycles. The molecule has 1 amide bonds. The van der Waals surface area contributed by atoms with Crippen LogP contribution in [0.5, 0.6) is 0 Å². The molecule has 2 aromatic carbocycles. The molecule has 3 heterocycles. The zero-order valence-corrected chi connectivity index (χ0v) is 18.6. The summed E-state index contributed by atoms with van der Waals surface area (Å²) in [6, 6.07) is 22.2. The van der Waals surface area contributed by atoms with Gasteiger partial charge in [0, 0.05) is 12.1 Å². The van der Waals surface area contributed by atoms with Crippen molar-refractivity contribution in [1.29, 1.82) is 5.26 Å². The van der Waals surface area contributed by atoms with Crippen molar-refractivity contribution in [2.24, 2.45) is 0 Å². The lowest BCUT2D eigenvalue weighted by Crippen LogP contribution is -2.56. The summed E-state index contributed by atoms with van der Waals surface area (Å²) in [6.07, 6.45) is 4.06. The summed E-state index contributed by atoms with van der Waals surface area (Å²) in [5, 5.41) is 9.19. The summed E-state index contributed by atoms with van der Waals surface area (Å²) < 4.78 is 11.7. The number of benzene rings is 2. The van der Waals surface area contributed by atoms with Gasteiger partial charge in [-0.3, -0.25) is 4.90 Å². The summed E-state index contributed by atoms with van der Waals surface area (Å²) in [4.78, 5) is 19.2. The Morgan fingerprint density at radius 3 is 2.53 bits per heavy atom. The predicted octanol–water partition coefficient (Wildman–Crippen LogP) is 4.76. The lowest BCUT2D eigenvalue weighted by atomic mass is 9.90. The van der Waals surface area contributed by atoms with Gasteiger partial charge in [-0.25, -0.2) is 9.78 Å². The molecule has 2 bridgehead atoms. The number of morpholine rings is 1. The van der Waals surface area contributed by atoms with Gasteiger partial charge >= 0.3 is 6.09 Å². The lowest BCUT2D eigenvalue weighted by molar-refractivity contribution is -0.0331. The van der Waals surface area contributed by atoms with Crippen molar-refractivity contribution >= 4 is 11.7 Å². The Hall–Kier alpha value is -3.95. The van der Waals surface area contributed by atoms with Crippen LogP contribution in [0.2, 0.25) is 0 Å². The van der Waals surface area contributed by atoms with Gasteiger partial charge in [0.15, 0.2) is 0 Å². The van der Waals surface area contributed by atoms with E-state index in [0.29, 0.717) is 31.9 Å². The first-order valence-electron chi connectivity index (χ1n) is 11.5. The van der Waals surface area contributed by atoms with Crippen LogP contribution in [0.1, 0.15) is 34.7 Å². The fourth-order valence-corrected chi connectivity index (χ4v) is 5.45. The van der Waals surface area contributed by atoms with Crippen LogP contribution in [0.15, 0.2) is 72.9 Å². The first kappa shape index (κ1) is 20.6. The van der Waals surface area contributed by atoms with E-state index in [1.165, 1.54) is 22.3 Å². The van der Waals surface area contributed by atoms with Crippen LogP contribution in [0, 0.1) is 11.3 Å². The third-order valence-corrected chi connectivity index (χ3v) is 6.99. The van der Waals surface area contributed by atoms with E-state index in [1.54, 1.807) is 12.3 Å². The minimum absolute atomic E-state index is 0.0320. The van der Waals surface area contributed by atoms with Crippen molar-refractivity contribution in [3.05, 3.63) is 95.3 Å². The smallest absolute Gasteiger partial charge is 0.410 e. The van der Waals surface area contributed by atoms with Gasteiger partial charge in [0.1, 0.15) is 18.4 Å². The van der Waals surface area contributed by atoms with Crippen LogP contribution < -0.4 is 0 Å². The summed E-state index contributed by atoms with van der Waals surface area (Å²) in [5.41, 5.74) is 7.29. The summed E-state index contributed by atoms with van der Waals surface area (Å²) in [7, 11) is 0. The number of carbonyl (C=O) groups excluding carboxylic acids is 1. The molecule has 1 fully saturated rings. The van der Waals surface area contributed by atoms with Crippen molar-refractivity contribution in [2.75, 3.05) is 19.8 Å². The molecule has 0 spiro atoms. The second-order valence-electron chi connectivity index (χ2n) is 8.91. The van der Waals surface area contributed by atoms with Crippen LogP contribution in [-0.4, -0.2) is 47.9 Å². The van der Waals surface area contributed by atoms with Crippen LogP contribution >= 0.6 is 0 Å². The molecule has 6 nitrogen and oxygen atoms in total. The van der Waals surface area contributed by atoms with Crippen molar-refractivity contribution < 1.29 is 14.3 Å². The highest BCUT2D eigenvalue weighted by molar-refractivity contribution is 5.79. The van der Waals surface area contributed by atoms with Crippen molar-refractivity contribution in [3.63, 3.8) is 0 Å². The number of rotatable bonds is 3. The Morgan fingerprint density at radius 2 is 1.82 bits per heavy atom. The number of carbonyl (C=O) groups is 1. The second-order valence-corrected chi connectivity index (χ2v) is 8.91. The molecule has 2 unspecified atom stereocenters. The van der Waals surface area contributed by atoms with Gasteiger partial charge < -0.3 is 9.47 Å². The normalized spacial score (nSPS) is 20.7. The van der Waals surface area contributed by atoms with E-state index < -0.39 is 0 Å². The molecule has 168 valence electrons. The van der Waals surface area contributed by atoms with E-state index in [0.717, 1.165) is 11.1 Å². The molecule has 0 saturated carbocycles. The Bertz CT molecular complexity index is 1300. The molecule has 6 heteroatoms. The van der Waals surface area contributed by atoms with E-state index in [4.69, 9.17) is 9.47 Å². The average Bonchev–Trinajstić information content (AvgIpc) is 3.20. The first-order chi connectivity index (χ1) is 16.7.